The van der Waals surface area contributed by atoms with E-state index in [1.54, 1.807) is 18.6 Å². The fourth-order valence-corrected chi connectivity index (χ4v) is 8.86. The molecule has 0 saturated carbocycles. The van der Waals surface area contributed by atoms with E-state index in [0.29, 0.717) is 0 Å². The number of rotatable bonds is 8. The molecule has 1 unspecified atom stereocenters. The molecule has 0 bridgehead atoms. The van der Waals surface area contributed by atoms with Gasteiger partial charge in [-0.15, -0.1) is 0 Å². The number of nitrogens with zero attached hydrogens (tertiary/aromatic N) is 2. The molecule has 1 atom stereocenters. The quantitative estimate of drug-likeness (QED) is 0.493. The minimum atomic E-state index is -3.31. The third-order valence-electron chi connectivity index (χ3n) is 2.51. The van der Waals surface area contributed by atoms with Gasteiger partial charge in [-0.1, -0.05) is 0 Å². The first-order valence-corrected chi connectivity index (χ1v) is 10.6. The van der Waals surface area contributed by atoms with Gasteiger partial charge in [0.15, 0.2) is 0 Å². The Hall–Kier alpha value is 0.979. The van der Waals surface area contributed by atoms with E-state index in [9.17, 15) is 4.57 Å². The molecule has 0 spiro atoms. The van der Waals surface area contributed by atoms with Crippen LogP contribution in [0.1, 0.15) is 13.8 Å². The summed E-state index contributed by atoms with van der Waals surface area (Å²) in [5, 5.41) is 0. The summed E-state index contributed by atoms with van der Waals surface area (Å²) in [6, 6.07) is -2.28. The Labute approximate surface area is 112 Å². The van der Waals surface area contributed by atoms with Crippen LogP contribution in [-0.2, 0) is 18.1 Å². The first-order valence-electron chi connectivity index (χ1n) is 5.23. The molecule has 17 heavy (non-hydrogen) atoms. The summed E-state index contributed by atoms with van der Waals surface area (Å²) >= 11 is 3.02. The van der Waals surface area contributed by atoms with Crippen molar-refractivity contribution in [3.8, 4) is 0 Å². The molecule has 0 amide bonds. The molecule has 0 N–H and O–H groups in total. The van der Waals surface area contributed by atoms with Crippen LogP contribution in [0.4, 0.5) is 0 Å². The van der Waals surface area contributed by atoms with Gasteiger partial charge in [0.1, 0.15) is 0 Å². The van der Waals surface area contributed by atoms with Crippen molar-refractivity contribution in [3.63, 3.8) is 0 Å². The molecular formula is C8H22N2O4P2Se. The minimum absolute atomic E-state index is 0.781. The third-order valence-corrected chi connectivity index (χ3v) is 12.8. The summed E-state index contributed by atoms with van der Waals surface area (Å²) in [6.07, 6.45) is 0. The van der Waals surface area contributed by atoms with E-state index in [2.05, 4.69) is 19.8 Å². The van der Waals surface area contributed by atoms with Gasteiger partial charge in [0.25, 0.3) is 0 Å². The molecule has 0 heterocycles. The van der Waals surface area contributed by atoms with Gasteiger partial charge in [-0.25, -0.2) is 0 Å². The normalized spacial score (nSPS) is 16.5. The number of hydrogen-bond acceptors (Lipinski definition) is 5. The molecule has 0 aliphatic heterocycles. The van der Waals surface area contributed by atoms with Crippen LogP contribution in [0.2, 0.25) is 0 Å². The Morgan fingerprint density at radius 3 is 1.71 bits per heavy atom. The topological polar surface area (TPSA) is 51.2 Å². The van der Waals surface area contributed by atoms with Gasteiger partial charge in [-0.3, -0.25) is 0 Å². The molecule has 0 aromatic heterocycles. The molecule has 0 saturated heterocycles. The van der Waals surface area contributed by atoms with Gasteiger partial charge in [0.05, 0.1) is 0 Å². The van der Waals surface area contributed by atoms with Gasteiger partial charge in [0, 0.05) is 0 Å². The van der Waals surface area contributed by atoms with Crippen LogP contribution in [0.5, 0.6) is 0 Å². The van der Waals surface area contributed by atoms with Gasteiger partial charge >= 0.3 is 111 Å². The van der Waals surface area contributed by atoms with Crippen LogP contribution in [0.15, 0.2) is 0 Å². The second kappa shape index (κ2) is 7.54. The van der Waals surface area contributed by atoms with Gasteiger partial charge in [0.2, 0.25) is 0 Å². The van der Waals surface area contributed by atoms with Crippen molar-refractivity contribution >= 4 is 28.9 Å². The first kappa shape index (κ1) is 18.0. The van der Waals surface area contributed by atoms with E-state index in [0.717, 1.165) is 13.1 Å². The monoisotopic (exact) mass is 352 g/mol. The van der Waals surface area contributed by atoms with Crippen molar-refractivity contribution in [3.05, 3.63) is 0 Å². The van der Waals surface area contributed by atoms with Gasteiger partial charge in [-0.2, -0.15) is 0 Å². The number of hydrogen-bond donors (Lipinski definition) is 0. The van der Waals surface area contributed by atoms with Crippen molar-refractivity contribution in [2.75, 3.05) is 41.5 Å². The third kappa shape index (κ3) is 3.73. The van der Waals surface area contributed by atoms with Crippen molar-refractivity contribution in [1.82, 2.24) is 9.11 Å². The van der Waals surface area contributed by atoms with Crippen LogP contribution in [-0.4, -0.2) is 65.7 Å². The molecule has 0 rings (SSSR count). The molecule has 0 radical (unpaired) electrons. The van der Waals surface area contributed by atoms with E-state index in [4.69, 9.17) is 13.6 Å². The molecule has 9 heteroatoms. The van der Waals surface area contributed by atoms with Crippen LogP contribution >= 0.6 is 13.8 Å². The molecule has 0 aromatic rings. The van der Waals surface area contributed by atoms with Crippen LogP contribution in [0.25, 0.3) is 0 Å². The molecule has 0 aliphatic rings. The van der Waals surface area contributed by atoms with Crippen LogP contribution < -0.4 is 0 Å². The summed E-state index contributed by atoms with van der Waals surface area (Å²) in [4.78, 5) is 0. The molecule has 0 fully saturated rings. The van der Waals surface area contributed by atoms with E-state index >= 15 is 0 Å². The zero-order chi connectivity index (χ0) is 13.7. The van der Waals surface area contributed by atoms with E-state index in [1.165, 1.54) is 14.2 Å². The molecule has 104 valence electrons. The Balaban J connectivity index is 5.38. The van der Waals surface area contributed by atoms with Crippen molar-refractivity contribution in [2.24, 2.45) is 0 Å². The van der Waals surface area contributed by atoms with Gasteiger partial charge in [-0.05, 0) is 0 Å². The SMILES string of the molecule is CCN(CC)P(=[Se])(OC)N(C)P(=O)(OC)OC. The predicted molar refractivity (Wildman–Crippen MR) is 72.0 cm³/mol. The maximum atomic E-state index is 12.4. The van der Waals surface area contributed by atoms with Gasteiger partial charge < -0.3 is 0 Å². The standard InChI is InChI=1S/C8H22N2O4P2Se/c1-7-10(8-2)15(17,12-4)9(3)16(11,13-5)14-6/h7-8H2,1-6H3. The van der Waals surface area contributed by atoms with Crippen LogP contribution in [0, 0.1) is 0 Å². The Morgan fingerprint density at radius 1 is 1.06 bits per heavy atom. The van der Waals surface area contributed by atoms with Crippen molar-refractivity contribution < 1.29 is 18.1 Å². The average Bonchev–Trinajstić information content (AvgIpc) is 2.37. The Morgan fingerprint density at radius 2 is 1.47 bits per heavy atom. The van der Waals surface area contributed by atoms with E-state index in [-0.39, 0.29) is 0 Å². The fraction of sp³-hybridized carbons (Fsp3) is 1.00. The molecule has 6 nitrogen and oxygen atoms in total. The fourth-order valence-electron chi connectivity index (χ4n) is 1.45. The Kier molecular flexibility index (Phi) is 7.97. The summed E-state index contributed by atoms with van der Waals surface area (Å²) in [7, 11) is 2.69. The molecule has 0 aromatic carbocycles. The zero-order valence-electron chi connectivity index (χ0n) is 11.2. The zero-order valence-corrected chi connectivity index (χ0v) is 14.7. The van der Waals surface area contributed by atoms with E-state index < -0.39 is 13.8 Å². The second-order valence-electron chi connectivity index (χ2n) is 3.14. The average molecular weight is 351 g/mol. The van der Waals surface area contributed by atoms with Crippen molar-refractivity contribution in [1.29, 1.82) is 0 Å². The van der Waals surface area contributed by atoms with Crippen LogP contribution in [0.3, 0.4) is 0 Å². The summed E-state index contributed by atoms with van der Waals surface area (Å²) in [5.74, 6) is 0. The summed E-state index contributed by atoms with van der Waals surface area (Å²) < 4.78 is 31.6. The molecular weight excluding hydrogens is 329 g/mol. The summed E-state index contributed by atoms with van der Waals surface area (Å²) in [5.41, 5.74) is 0. The maximum absolute atomic E-state index is 12.4. The second-order valence-corrected chi connectivity index (χ2v) is 11.2. The van der Waals surface area contributed by atoms with Crippen molar-refractivity contribution in [2.45, 2.75) is 13.8 Å². The Bertz CT molecular complexity index is 317. The summed E-state index contributed by atoms with van der Waals surface area (Å²) in [6.45, 7) is 5.60. The van der Waals surface area contributed by atoms with E-state index in [1.807, 2.05) is 13.8 Å². The predicted octanol–water partition coefficient (Wildman–Crippen LogP) is 2.15. The molecule has 0 aliphatic carbocycles. The first-order chi connectivity index (χ1) is 7.86.